The van der Waals surface area contributed by atoms with Crippen LogP contribution in [0.5, 0.6) is 0 Å². The quantitative estimate of drug-likeness (QED) is 0.901. The van der Waals surface area contributed by atoms with Crippen LogP contribution in [0, 0.1) is 13.8 Å². The minimum absolute atomic E-state index is 0.121. The number of carbonyl (C=O) groups is 1. The van der Waals surface area contributed by atoms with E-state index in [2.05, 4.69) is 37.4 Å². The normalized spacial score (nSPS) is 16.1. The fourth-order valence-electron chi connectivity index (χ4n) is 2.61. The second kappa shape index (κ2) is 6.16. The number of benzene rings is 1. The lowest BCUT2D eigenvalue weighted by Crippen LogP contribution is -2.46. The molecule has 4 heteroatoms. The Bertz CT molecular complexity index is 477. The fourth-order valence-corrected chi connectivity index (χ4v) is 2.61. The number of urea groups is 1. The summed E-state index contributed by atoms with van der Waals surface area (Å²) in [6, 6.07) is 7.07. The van der Waals surface area contributed by atoms with E-state index in [4.69, 9.17) is 0 Å². The third kappa shape index (κ3) is 3.44. The predicted molar refractivity (Wildman–Crippen MR) is 83.2 cm³/mol. The Labute approximate surface area is 121 Å². The molecule has 0 bridgehead atoms. The largest absolute Gasteiger partial charge is 0.382 e. The molecule has 1 aliphatic heterocycles. The van der Waals surface area contributed by atoms with Gasteiger partial charge in [-0.3, -0.25) is 0 Å². The summed E-state index contributed by atoms with van der Waals surface area (Å²) in [5.41, 5.74) is 3.78. The summed E-state index contributed by atoms with van der Waals surface area (Å²) in [4.78, 5) is 15.5. The molecule has 1 aromatic carbocycles. The maximum Gasteiger partial charge on any atom is 0.319 e. The Morgan fingerprint density at radius 2 is 1.90 bits per heavy atom. The zero-order valence-corrected chi connectivity index (χ0v) is 12.9. The van der Waals surface area contributed by atoms with E-state index in [0.29, 0.717) is 6.04 Å². The zero-order valence-electron chi connectivity index (χ0n) is 12.9. The number of likely N-dealkylation sites (tertiary alicyclic amines) is 1. The van der Waals surface area contributed by atoms with Gasteiger partial charge < -0.3 is 15.1 Å². The SMILES string of the molecule is Cc1ccc(C)c(NC2CCN(C(=O)N(C)C)CC2)c1. The summed E-state index contributed by atoms with van der Waals surface area (Å²) in [7, 11) is 3.62. The van der Waals surface area contributed by atoms with Gasteiger partial charge >= 0.3 is 6.03 Å². The third-order valence-electron chi connectivity index (χ3n) is 3.90. The summed E-state index contributed by atoms with van der Waals surface area (Å²) in [6.45, 7) is 5.91. The van der Waals surface area contributed by atoms with Gasteiger partial charge in [0, 0.05) is 38.9 Å². The molecule has 1 aliphatic rings. The van der Waals surface area contributed by atoms with Gasteiger partial charge in [-0.15, -0.1) is 0 Å². The number of aryl methyl sites for hydroxylation is 2. The second-order valence-corrected chi connectivity index (χ2v) is 5.90. The summed E-state index contributed by atoms with van der Waals surface area (Å²) in [5.74, 6) is 0. The Balaban J connectivity index is 1.91. The maximum atomic E-state index is 11.9. The first-order valence-corrected chi connectivity index (χ1v) is 7.27. The minimum atomic E-state index is 0.121. The molecule has 1 aromatic rings. The van der Waals surface area contributed by atoms with Crippen LogP contribution in [0.25, 0.3) is 0 Å². The predicted octanol–water partition coefficient (Wildman–Crippen LogP) is 2.86. The smallest absolute Gasteiger partial charge is 0.319 e. The highest BCUT2D eigenvalue weighted by atomic mass is 16.2. The molecule has 2 rings (SSSR count). The van der Waals surface area contributed by atoms with Crippen molar-refractivity contribution in [3.63, 3.8) is 0 Å². The molecule has 0 aliphatic carbocycles. The number of hydrogen-bond donors (Lipinski definition) is 1. The van der Waals surface area contributed by atoms with Crippen LogP contribution in [-0.2, 0) is 0 Å². The van der Waals surface area contributed by atoms with E-state index >= 15 is 0 Å². The van der Waals surface area contributed by atoms with Crippen LogP contribution >= 0.6 is 0 Å². The van der Waals surface area contributed by atoms with Crippen LogP contribution in [-0.4, -0.2) is 49.1 Å². The van der Waals surface area contributed by atoms with Gasteiger partial charge in [0.25, 0.3) is 0 Å². The van der Waals surface area contributed by atoms with Crippen molar-refractivity contribution in [3.8, 4) is 0 Å². The average molecular weight is 275 g/mol. The van der Waals surface area contributed by atoms with Gasteiger partial charge in [0.2, 0.25) is 0 Å². The highest BCUT2D eigenvalue weighted by Crippen LogP contribution is 2.21. The van der Waals surface area contributed by atoms with Gasteiger partial charge in [-0.05, 0) is 43.9 Å². The van der Waals surface area contributed by atoms with E-state index < -0.39 is 0 Å². The maximum absolute atomic E-state index is 11.9. The number of carbonyl (C=O) groups excluding carboxylic acids is 1. The number of piperidine rings is 1. The van der Waals surface area contributed by atoms with Gasteiger partial charge in [-0.2, -0.15) is 0 Å². The minimum Gasteiger partial charge on any atom is -0.382 e. The summed E-state index contributed by atoms with van der Waals surface area (Å²) < 4.78 is 0. The van der Waals surface area contributed by atoms with E-state index in [1.165, 1.54) is 16.8 Å². The standard InChI is InChI=1S/C16H25N3O/c1-12-5-6-13(2)15(11-12)17-14-7-9-19(10-8-14)16(20)18(3)4/h5-6,11,14,17H,7-10H2,1-4H3. The number of hydrogen-bond acceptors (Lipinski definition) is 2. The average Bonchev–Trinajstić information content (AvgIpc) is 2.43. The van der Waals surface area contributed by atoms with Gasteiger partial charge in [-0.1, -0.05) is 12.1 Å². The first-order chi connectivity index (χ1) is 9.47. The zero-order chi connectivity index (χ0) is 14.7. The van der Waals surface area contributed by atoms with Gasteiger partial charge in [0.1, 0.15) is 0 Å². The molecule has 1 saturated heterocycles. The van der Waals surface area contributed by atoms with Crippen LogP contribution in [0.1, 0.15) is 24.0 Å². The van der Waals surface area contributed by atoms with Crippen molar-refractivity contribution < 1.29 is 4.79 Å². The lowest BCUT2D eigenvalue weighted by Gasteiger charge is -2.34. The molecule has 20 heavy (non-hydrogen) atoms. The molecule has 0 spiro atoms. The van der Waals surface area contributed by atoms with Gasteiger partial charge in [0.15, 0.2) is 0 Å². The molecule has 0 saturated carbocycles. The fraction of sp³-hybridized carbons (Fsp3) is 0.562. The van der Waals surface area contributed by atoms with Crippen LogP contribution in [0.2, 0.25) is 0 Å². The molecule has 1 heterocycles. The van der Waals surface area contributed by atoms with E-state index in [1.54, 1.807) is 4.90 Å². The molecule has 4 nitrogen and oxygen atoms in total. The van der Waals surface area contributed by atoms with Crippen LogP contribution in [0.3, 0.4) is 0 Å². The molecule has 0 atom stereocenters. The monoisotopic (exact) mass is 275 g/mol. The van der Waals surface area contributed by atoms with E-state index in [9.17, 15) is 4.79 Å². The highest BCUT2D eigenvalue weighted by molar-refractivity contribution is 5.73. The molecular weight excluding hydrogens is 250 g/mol. The van der Waals surface area contributed by atoms with E-state index in [-0.39, 0.29) is 6.03 Å². The number of anilines is 1. The molecular formula is C16H25N3O. The van der Waals surface area contributed by atoms with Crippen LogP contribution in [0.4, 0.5) is 10.5 Å². The summed E-state index contributed by atoms with van der Waals surface area (Å²) in [5, 5.41) is 3.63. The lowest BCUT2D eigenvalue weighted by atomic mass is 10.0. The topological polar surface area (TPSA) is 35.6 Å². The number of nitrogens with one attached hydrogen (secondary N) is 1. The van der Waals surface area contributed by atoms with Crippen molar-refractivity contribution >= 4 is 11.7 Å². The first-order valence-electron chi connectivity index (χ1n) is 7.27. The number of amides is 2. The van der Waals surface area contributed by atoms with Crippen LogP contribution in [0.15, 0.2) is 18.2 Å². The number of rotatable bonds is 2. The van der Waals surface area contributed by atoms with E-state index in [0.717, 1.165) is 25.9 Å². The molecule has 2 amide bonds. The summed E-state index contributed by atoms with van der Waals surface area (Å²) >= 11 is 0. The van der Waals surface area contributed by atoms with E-state index in [1.807, 2.05) is 19.0 Å². The van der Waals surface area contributed by atoms with Crippen molar-refractivity contribution in [3.05, 3.63) is 29.3 Å². The molecule has 1 fully saturated rings. The van der Waals surface area contributed by atoms with Gasteiger partial charge in [-0.25, -0.2) is 4.79 Å². The Morgan fingerprint density at radius 3 is 2.50 bits per heavy atom. The molecule has 0 aromatic heterocycles. The van der Waals surface area contributed by atoms with Crippen LogP contribution < -0.4 is 5.32 Å². The lowest BCUT2D eigenvalue weighted by molar-refractivity contribution is 0.158. The number of nitrogens with zero attached hydrogens (tertiary/aromatic N) is 2. The highest BCUT2D eigenvalue weighted by Gasteiger charge is 2.23. The molecule has 0 unspecified atom stereocenters. The Kier molecular flexibility index (Phi) is 4.53. The third-order valence-corrected chi connectivity index (χ3v) is 3.90. The summed E-state index contributed by atoms with van der Waals surface area (Å²) in [6.07, 6.45) is 2.01. The van der Waals surface area contributed by atoms with Gasteiger partial charge in [0.05, 0.1) is 0 Å². The molecule has 110 valence electrons. The van der Waals surface area contributed by atoms with Crippen molar-refractivity contribution in [1.82, 2.24) is 9.80 Å². The van der Waals surface area contributed by atoms with Crippen molar-refractivity contribution in [2.45, 2.75) is 32.7 Å². The molecule has 0 radical (unpaired) electrons. The Hall–Kier alpha value is -1.71. The first kappa shape index (κ1) is 14.7. The van der Waals surface area contributed by atoms with Crippen molar-refractivity contribution in [2.75, 3.05) is 32.5 Å². The van der Waals surface area contributed by atoms with Crippen molar-refractivity contribution in [2.24, 2.45) is 0 Å². The van der Waals surface area contributed by atoms with Crippen molar-refractivity contribution in [1.29, 1.82) is 0 Å². The Morgan fingerprint density at radius 1 is 1.25 bits per heavy atom. The second-order valence-electron chi connectivity index (χ2n) is 5.90. The molecule has 1 N–H and O–H groups in total.